The lowest BCUT2D eigenvalue weighted by atomic mass is 10.1. The number of likely N-dealkylation sites (tertiary alicyclic amines) is 1. The highest BCUT2D eigenvalue weighted by Gasteiger charge is 2.31. The summed E-state index contributed by atoms with van der Waals surface area (Å²) in [6.45, 7) is 8.49. The SMILES string of the molecule is C[C@H](Nc1nc(N)nc(N)c1C#N)c1nc2cccc(Cl)c2c(=O)n1CC1CCN(C(=O)OC(C)(C)C)C1. The maximum atomic E-state index is 13.7. The Hall–Kier alpha value is -4.11. The Morgan fingerprint density at radius 3 is 2.74 bits per heavy atom. The van der Waals surface area contributed by atoms with Crippen LogP contribution in [0.1, 0.15) is 51.5 Å². The number of fused-ring (bicyclic) bond motifs is 1. The first kappa shape index (κ1) is 26.9. The summed E-state index contributed by atoms with van der Waals surface area (Å²) in [6.07, 6.45) is 0.302. The van der Waals surface area contributed by atoms with E-state index in [4.69, 9.17) is 32.8 Å². The van der Waals surface area contributed by atoms with Crippen LogP contribution in [0.25, 0.3) is 10.9 Å². The van der Waals surface area contributed by atoms with E-state index in [1.807, 2.05) is 26.8 Å². The van der Waals surface area contributed by atoms with Gasteiger partial charge in [-0.15, -0.1) is 0 Å². The van der Waals surface area contributed by atoms with Crippen LogP contribution < -0.4 is 22.3 Å². The van der Waals surface area contributed by atoms with Crippen molar-refractivity contribution in [1.82, 2.24) is 24.4 Å². The Labute approximate surface area is 224 Å². The molecule has 5 N–H and O–H groups in total. The number of benzene rings is 1. The van der Waals surface area contributed by atoms with Crippen LogP contribution in [0.4, 0.5) is 22.4 Å². The zero-order valence-corrected chi connectivity index (χ0v) is 22.4. The van der Waals surface area contributed by atoms with E-state index in [0.717, 1.165) is 0 Å². The first-order valence-corrected chi connectivity index (χ1v) is 12.5. The number of anilines is 3. The van der Waals surface area contributed by atoms with Crippen molar-refractivity contribution in [2.45, 2.75) is 52.3 Å². The number of nitrogens with one attached hydrogen (secondary N) is 1. The minimum atomic E-state index is -0.602. The third-order valence-electron chi connectivity index (χ3n) is 6.15. The molecule has 1 aliphatic heterocycles. The van der Waals surface area contributed by atoms with Gasteiger partial charge in [0.1, 0.15) is 28.9 Å². The second-order valence-corrected chi connectivity index (χ2v) is 10.7. The number of aromatic nitrogens is 4. The van der Waals surface area contributed by atoms with Gasteiger partial charge in [-0.05, 0) is 52.2 Å². The first-order chi connectivity index (χ1) is 17.9. The molecule has 1 unspecified atom stereocenters. The highest BCUT2D eigenvalue weighted by molar-refractivity contribution is 6.35. The number of nitrogens with two attached hydrogens (primary N) is 2. The molecule has 0 spiro atoms. The number of rotatable bonds is 5. The van der Waals surface area contributed by atoms with Crippen LogP contribution in [0, 0.1) is 17.2 Å². The first-order valence-electron chi connectivity index (χ1n) is 12.1. The molecule has 1 fully saturated rings. The lowest BCUT2D eigenvalue weighted by molar-refractivity contribution is 0.0287. The molecule has 38 heavy (non-hydrogen) atoms. The third-order valence-corrected chi connectivity index (χ3v) is 6.46. The number of nitrogens with zero attached hydrogens (tertiary/aromatic N) is 6. The minimum Gasteiger partial charge on any atom is -0.444 e. The maximum Gasteiger partial charge on any atom is 0.410 e. The molecule has 2 aromatic heterocycles. The van der Waals surface area contributed by atoms with E-state index in [1.54, 1.807) is 34.6 Å². The summed E-state index contributed by atoms with van der Waals surface area (Å²) in [4.78, 5) is 40.7. The van der Waals surface area contributed by atoms with Crippen molar-refractivity contribution in [3.8, 4) is 6.07 Å². The topological polar surface area (TPSA) is 178 Å². The van der Waals surface area contributed by atoms with Crippen molar-refractivity contribution < 1.29 is 9.53 Å². The van der Waals surface area contributed by atoms with Gasteiger partial charge in [-0.2, -0.15) is 15.2 Å². The van der Waals surface area contributed by atoms with E-state index in [-0.39, 0.29) is 40.7 Å². The van der Waals surface area contributed by atoms with Gasteiger partial charge in [0.15, 0.2) is 5.82 Å². The molecule has 13 heteroatoms. The van der Waals surface area contributed by atoms with Crippen LogP contribution in [0.5, 0.6) is 0 Å². The second kappa shape index (κ2) is 10.3. The molecule has 1 amide bonds. The van der Waals surface area contributed by atoms with Crippen molar-refractivity contribution in [3.05, 3.63) is 45.0 Å². The Kier molecular flexibility index (Phi) is 7.33. The quantitative estimate of drug-likeness (QED) is 0.435. The van der Waals surface area contributed by atoms with E-state index in [1.165, 1.54) is 0 Å². The van der Waals surface area contributed by atoms with Crippen molar-refractivity contribution in [3.63, 3.8) is 0 Å². The Morgan fingerprint density at radius 1 is 1.32 bits per heavy atom. The fourth-order valence-electron chi connectivity index (χ4n) is 4.46. The van der Waals surface area contributed by atoms with Crippen LogP contribution >= 0.6 is 11.6 Å². The molecule has 0 radical (unpaired) electrons. The van der Waals surface area contributed by atoms with Crippen LogP contribution in [0.3, 0.4) is 0 Å². The molecule has 0 saturated carbocycles. The lowest BCUT2D eigenvalue weighted by Crippen LogP contribution is -2.36. The summed E-state index contributed by atoms with van der Waals surface area (Å²) in [5, 5.41) is 13.3. The summed E-state index contributed by atoms with van der Waals surface area (Å²) >= 11 is 6.39. The number of carbonyl (C=O) groups excluding carboxylic acids is 1. The van der Waals surface area contributed by atoms with Gasteiger partial charge < -0.3 is 26.4 Å². The van der Waals surface area contributed by atoms with Gasteiger partial charge in [0, 0.05) is 19.6 Å². The molecule has 1 aromatic carbocycles. The van der Waals surface area contributed by atoms with Crippen LogP contribution in [-0.2, 0) is 11.3 Å². The molecule has 3 heterocycles. The minimum absolute atomic E-state index is 0.0204. The molecule has 2 atom stereocenters. The number of nitrogen functional groups attached to an aromatic ring is 2. The lowest BCUT2D eigenvalue weighted by Gasteiger charge is -2.25. The predicted octanol–water partition coefficient (Wildman–Crippen LogP) is 3.31. The predicted molar refractivity (Wildman–Crippen MR) is 145 cm³/mol. The largest absolute Gasteiger partial charge is 0.444 e. The van der Waals surface area contributed by atoms with Gasteiger partial charge in [0.25, 0.3) is 5.56 Å². The zero-order valence-electron chi connectivity index (χ0n) is 21.7. The van der Waals surface area contributed by atoms with Crippen molar-refractivity contribution >= 4 is 46.2 Å². The number of ether oxygens (including phenoxy) is 1. The van der Waals surface area contributed by atoms with E-state index in [9.17, 15) is 14.9 Å². The standard InChI is InChI=1S/C25H30ClN9O3/c1-13(30-20-15(10-27)19(28)32-23(29)33-20)21-31-17-7-5-6-16(26)18(17)22(36)35(21)12-14-8-9-34(11-14)24(37)38-25(2,3)4/h5-7,13-14H,8-9,11-12H2,1-4H3,(H5,28,29,30,32,33)/t13-,14?/m0/s1. The molecular formula is C25H30ClN9O3. The van der Waals surface area contributed by atoms with Crippen molar-refractivity contribution in [2.75, 3.05) is 29.9 Å². The zero-order chi connectivity index (χ0) is 27.8. The Balaban J connectivity index is 1.70. The molecule has 3 aromatic rings. The average Bonchev–Trinajstić information content (AvgIpc) is 3.28. The summed E-state index contributed by atoms with van der Waals surface area (Å²) in [7, 11) is 0. The number of hydrogen-bond acceptors (Lipinski definition) is 10. The van der Waals surface area contributed by atoms with Crippen molar-refractivity contribution in [2.24, 2.45) is 5.92 Å². The van der Waals surface area contributed by atoms with Gasteiger partial charge in [0.2, 0.25) is 5.95 Å². The highest BCUT2D eigenvalue weighted by atomic mass is 35.5. The van der Waals surface area contributed by atoms with E-state index >= 15 is 0 Å². The van der Waals surface area contributed by atoms with Crippen LogP contribution in [-0.4, -0.2) is 49.2 Å². The highest BCUT2D eigenvalue weighted by Crippen LogP contribution is 2.27. The Morgan fingerprint density at radius 2 is 2.05 bits per heavy atom. The van der Waals surface area contributed by atoms with Crippen molar-refractivity contribution in [1.29, 1.82) is 5.26 Å². The number of amides is 1. The molecular weight excluding hydrogens is 510 g/mol. The molecule has 200 valence electrons. The smallest absolute Gasteiger partial charge is 0.410 e. The summed E-state index contributed by atoms with van der Waals surface area (Å²) in [6, 6.07) is 6.47. The number of carbonyl (C=O) groups is 1. The number of halogens is 1. The fourth-order valence-corrected chi connectivity index (χ4v) is 4.71. The van der Waals surface area contributed by atoms with Gasteiger partial charge in [0.05, 0.1) is 22.0 Å². The number of nitriles is 1. The summed E-state index contributed by atoms with van der Waals surface area (Å²) < 4.78 is 7.07. The van der Waals surface area contributed by atoms with Crippen LogP contribution in [0.15, 0.2) is 23.0 Å². The molecule has 1 saturated heterocycles. The van der Waals surface area contributed by atoms with Gasteiger partial charge in [-0.25, -0.2) is 9.78 Å². The maximum absolute atomic E-state index is 13.7. The second-order valence-electron chi connectivity index (χ2n) is 10.3. The van der Waals surface area contributed by atoms with Crippen LogP contribution in [0.2, 0.25) is 5.02 Å². The number of hydrogen-bond donors (Lipinski definition) is 3. The third kappa shape index (κ3) is 5.57. The van der Waals surface area contributed by atoms with Gasteiger partial charge in [-0.1, -0.05) is 17.7 Å². The van der Waals surface area contributed by atoms with E-state index in [0.29, 0.717) is 47.8 Å². The molecule has 4 rings (SSSR count). The van der Waals surface area contributed by atoms with E-state index < -0.39 is 11.6 Å². The Bertz CT molecular complexity index is 1490. The van der Waals surface area contributed by atoms with E-state index in [2.05, 4.69) is 15.3 Å². The normalized spacial score (nSPS) is 16.3. The monoisotopic (exact) mass is 539 g/mol. The van der Waals surface area contributed by atoms with Gasteiger partial charge in [-0.3, -0.25) is 9.36 Å². The summed E-state index contributed by atoms with van der Waals surface area (Å²) in [5.41, 5.74) is 11.2. The molecule has 12 nitrogen and oxygen atoms in total. The summed E-state index contributed by atoms with van der Waals surface area (Å²) in [5.74, 6) is 0.362. The molecule has 1 aliphatic rings. The fraction of sp³-hybridized carbons (Fsp3) is 0.440. The molecule has 0 bridgehead atoms. The molecule has 0 aliphatic carbocycles. The van der Waals surface area contributed by atoms with Gasteiger partial charge >= 0.3 is 6.09 Å². The average molecular weight is 540 g/mol.